The van der Waals surface area contributed by atoms with Crippen LogP contribution in [0.5, 0.6) is 0 Å². The van der Waals surface area contributed by atoms with Crippen molar-refractivity contribution in [1.82, 2.24) is 20.2 Å². The minimum absolute atomic E-state index is 0.0436. The number of nitro groups is 1. The van der Waals surface area contributed by atoms with Crippen LogP contribution in [0.1, 0.15) is 16.3 Å². The molecule has 2 aromatic heterocycles. The number of rotatable bonds is 4. The molecule has 0 aliphatic rings. The predicted molar refractivity (Wildman–Crippen MR) is 56.1 cm³/mol. The third-order valence-electron chi connectivity index (χ3n) is 2.02. The fourth-order valence-electron chi connectivity index (χ4n) is 1.26. The summed E-state index contributed by atoms with van der Waals surface area (Å²) in [5, 5.41) is 14.0. The third kappa shape index (κ3) is 2.32. The van der Waals surface area contributed by atoms with E-state index < -0.39 is 16.8 Å². The second kappa shape index (κ2) is 4.63. The highest BCUT2D eigenvalue weighted by atomic mass is 16.6. The molecule has 2 heterocycles. The van der Waals surface area contributed by atoms with Crippen LogP contribution in [-0.4, -0.2) is 25.6 Å². The van der Waals surface area contributed by atoms with E-state index in [1.807, 2.05) is 5.43 Å². The molecule has 0 aliphatic carbocycles. The van der Waals surface area contributed by atoms with E-state index in [1.54, 1.807) is 0 Å². The predicted octanol–water partition coefficient (Wildman–Crippen LogP) is -0.569. The van der Waals surface area contributed by atoms with Crippen molar-refractivity contribution in [2.75, 3.05) is 0 Å². The maximum atomic E-state index is 11.1. The average molecular weight is 252 g/mol. The first kappa shape index (κ1) is 11.7. The molecule has 18 heavy (non-hydrogen) atoms. The topological polar surface area (TPSA) is 142 Å². The molecule has 0 radical (unpaired) electrons. The van der Waals surface area contributed by atoms with Crippen molar-refractivity contribution < 1.29 is 14.1 Å². The summed E-state index contributed by atoms with van der Waals surface area (Å²) in [6, 6.07) is 2.97. The van der Waals surface area contributed by atoms with E-state index in [-0.39, 0.29) is 12.3 Å². The summed E-state index contributed by atoms with van der Waals surface area (Å²) in [7, 11) is 0. The zero-order chi connectivity index (χ0) is 13.1. The fourth-order valence-corrected chi connectivity index (χ4v) is 1.26. The monoisotopic (exact) mass is 252 g/mol. The lowest BCUT2D eigenvalue weighted by molar-refractivity contribution is -0.394. The first-order valence-corrected chi connectivity index (χ1v) is 4.73. The molecule has 3 N–H and O–H groups in total. The van der Waals surface area contributed by atoms with Crippen molar-refractivity contribution in [2.24, 2.45) is 5.84 Å². The molecule has 0 bridgehead atoms. The van der Waals surface area contributed by atoms with Crippen LogP contribution in [0.15, 0.2) is 22.9 Å². The van der Waals surface area contributed by atoms with Crippen molar-refractivity contribution in [2.45, 2.75) is 6.54 Å². The standard InChI is InChI=1S/C8H8N6O4/c9-11-7(15)6-2-1-5(18-6)3-13-4-10-8(12-13)14(16)17/h1-2,4H,3,9H2,(H,11,15). The smallest absolute Gasteiger partial charge is 0.454 e. The number of nitrogens with two attached hydrogens (primary N) is 1. The van der Waals surface area contributed by atoms with E-state index in [0.717, 1.165) is 0 Å². The number of furan rings is 1. The van der Waals surface area contributed by atoms with Crippen LogP contribution in [0.3, 0.4) is 0 Å². The van der Waals surface area contributed by atoms with E-state index in [0.29, 0.717) is 5.76 Å². The molecule has 2 rings (SSSR count). The number of amides is 1. The van der Waals surface area contributed by atoms with Crippen LogP contribution in [0.4, 0.5) is 5.95 Å². The highest BCUT2D eigenvalue weighted by Gasteiger charge is 2.15. The molecule has 0 saturated heterocycles. The number of nitrogens with zero attached hydrogens (tertiary/aromatic N) is 4. The van der Waals surface area contributed by atoms with Gasteiger partial charge in [0.15, 0.2) is 5.76 Å². The van der Waals surface area contributed by atoms with Gasteiger partial charge in [0.1, 0.15) is 12.3 Å². The van der Waals surface area contributed by atoms with Gasteiger partial charge in [0.05, 0.1) is 0 Å². The fraction of sp³-hybridized carbons (Fsp3) is 0.125. The summed E-state index contributed by atoms with van der Waals surface area (Å²) >= 11 is 0. The maximum Gasteiger partial charge on any atom is 0.490 e. The highest BCUT2D eigenvalue weighted by molar-refractivity contribution is 5.90. The van der Waals surface area contributed by atoms with Crippen LogP contribution in [0.2, 0.25) is 0 Å². The largest absolute Gasteiger partial charge is 0.490 e. The van der Waals surface area contributed by atoms with Crippen molar-refractivity contribution in [3.63, 3.8) is 0 Å². The number of nitrogen functional groups attached to an aromatic ring is 1. The molecule has 0 unspecified atom stereocenters. The van der Waals surface area contributed by atoms with Crippen molar-refractivity contribution in [3.05, 3.63) is 40.1 Å². The van der Waals surface area contributed by atoms with E-state index in [9.17, 15) is 14.9 Å². The summed E-state index contributed by atoms with van der Waals surface area (Å²) in [4.78, 5) is 24.3. The Morgan fingerprint density at radius 1 is 1.61 bits per heavy atom. The van der Waals surface area contributed by atoms with Gasteiger partial charge in [0.2, 0.25) is 6.33 Å². The maximum absolute atomic E-state index is 11.1. The Bertz CT molecular complexity index is 588. The van der Waals surface area contributed by atoms with E-state index >= 15 is 0 Å². The van der Waals surface area contributed by atoms with Crippen LogP contribution in [0, 0.1) is 10.1 Å². The van der Waals surface area contributed by atoms with Gasteiger partial charge in [-0.15, -0.1) is 0 Å². The number of hydrazine groups is 1. The lowest BCUT2D eigenvalue weighted by Crippen LogP contribution is -2.29. The van der Waals surface area contributed by atoms with Gasteiger partial charge in [-0.2, -0.15) is 4.68 Å². The Balaban J connectivity index is 2.11. The number of aromatic nitrogens is 3. The minimum atomic E-state index is -0.702. The number of carbonyl (C=O) groups excluding carboxylic acids is 1. The van der Waals surface area contributed by atoms with Crippen molar-refractivity contribution in [1.29, 1.82) is 0 Å². The normalized spacial score (nSPS) is 10.3. The highest BCUT2D eigenvalue weighted by Crippen LogP contribution is 2.10. The average Bonchev–Trinajstić information content (AvgIpc) is 2.98. The van der Waals surface area contributed by atoms with Gasteiger partial charge in [-0.05, 0) is 17.1 Å². The molecule has 0 fully saturated rings. The first-order chi connectivity index (χ1) is 8.60. The SMILES string of the molecule is NNC(=O)c1ccc(Cn2cnc([N+](=O)[O-])n2)o1. The Labute approximate surface area is 99.5 Å². The van der Waals surface area contributed by atoms with E-state index in [1.165, 1.54) is 23.1 Å². The van der Waals surface area contributed by atoms with Crippen LogP contribution in [-0.2, 0) is 6.54 Å². The zero-order valence-electron chi connectivity index (χ0n) is 8.94. The van der Waals surface area contributed by atoms with E-state index in [4.69, 9.17) is 10.3 Å². The molecule has 0 atom stereocenters. The summed E-state index contributed by atoms with van der Waals surface area (Å²) in [6.45, 7) is 0.124. The molecule has 0 aromatic carbocycles. The van der Waals surface area contributed by atoms with Crippen molar-refractivity contribution >= 4 is 11.9 Å². The lowest BCUT2D eigenvalue weighted by atomic mass is 10.4. The van der Waals surface area contributed by atoms with Crippen LogP contribution < -0.4 is 11.3 Å². The van der Waals surface area contributed by atoms with Gasteiger partial charge in [0.25, 0.3) is 0 Å². The van der Waals surface area contributed by atoms with Gasteiger partial charge in [0, 0.05) is 5.10 Å². The van der Waals surface area contributed by atoms with Gasteiger partial charge < -0.3 is 14.5 Å². The first-order valence-electron chi connectivity index (χ1n) is 4.73. The molecule has 1 amide bonds. The number of hydrogen-bond donors (Lipinski definition) is 2. The second-order valence-electron chi connectivity index (χ2n) is 3.24. The van der Waals surface area contributed by atoms with Crippen LogP contribution in [0.25, 0.3) is 0 Å². The number of carbonyl (C=O) groups is 1. The third-order valence-corrected chi connectivity index (χ3v) is 2.02. The quantitative estimate of drug-likeness (QED) is 0.321. The van der Waals surface area contributed by atoms with Gasteiger partial charge in [-0.3, -0.25) is 10.2 Å². The number of nitrogens with one attached hydrogen (secondary N) is 1. The Kier molecular flexibility index (Phi) is 3.02. The lowest BCUT2D eigenvalue weighted by Gasteiger charge is -1.94. The Morgan fingerprint density at radius 2 is 2.39 bits per heavy atom. The molecule has 0 saturated carbocycles. The zero-order valence-corrected chi connectivity index (χ0v) is 8.94. The summed E-state index contributed by atoms with van der Waals surface area (Å²) in [5.74, 6) is 4.32. The molecular formula is C8H8N6O4. The number of hydrogen-bond acceptors (Lipinski definition) is 7. The second-order valence-corrected chi connectivity index (χ2v) is 3.24. The molecule has 10 heteroatoms. The van der Waals surface area contributed by atoms with Crippen LogP contribution >= 0.6 is 0 Å². The molecule has 0 aliphatic heterocycles. The van der Waals surface area contributed by atoms with Crippen molar-refractivity contribution in [3.8, 4) is 0 Å². The van der Waals surface area contributed by atoms with E-state index in [2.05, 4.69) is 10.1 Å². The summed E-state index contributed by atoms with van der Waals surface area (Å²) in [5.41, 5.74) is 1.92. The minimum Gasteiger partial charge on any atom is -0.454 e. The molecule has 10 nitrogen and oxygen atoms in total. The Hall–Kier alpha value is -2.75. The summed E-state index contributed by atoms with van der Waals surface area (Å²) in [6.07, 6.45) is 1.20. The molecule has 0 spiro atoms. The van der Waals surface area contributed by atoms with Gasteiger partial charge in [-0.25, -0.2) is 5.84 Å². The Morgan fingerprint density at radius 3 is 3.00 bits per heavy atom. The van der Waals surface area contributed by atoms with Gasteiger partial charge >= 0.3 is 11.9 Å². The molecule has 94 valence electrons. The van der Waals surface area contributed by atoms with Gasteiger partial charge in [-0.1, -0.05) is 4.98 Å². The molecular weight excluding hydrogens is 244 g/mol. The summed E-state index contributed by atoms with van der Waals surface area (Å²) < 4.78 is 6.38. The molecule has 2 aromatic rings.